The van der Waals surface area contributed by atoms with Crippen LogP contribution < -0.4 is 10.6 Å². The fourth-order valence-electron chi connectivity index (χ4n) is 3.97. The van der Waals surface area contributed by atoms with E-state index in [2.05, 4.69) is 17.6 Å². The number of rotatable bonds is 20. The molecule has 0 aliphatic carbocycles. The minimum atomic E-state index is -0.256. The Morgan fingerprint density at radius 2 is 1.10 bits per heavy atom. The van der Waals surface area contributed by atoms with Gasteiger partial charge in [-0.25, -0.2) is 4.79 Å². The second-order valence-corrected chi connectivity index (χ2v) is 8.91. The Hall–Kier alpha value is -1.71. The minimum Gasteiger partial charge on any atom is -0.506 e. The molecule has 3 N–H and O–H groups in total. The summed E-state index contributed by atoms with van der Waals surface area (Å²) in [6.45, 7) is 2.96. The Kier molecular flexibility index (Phi) is 17.8. The van der Waals surface area contributed by atoms with E-state index in [1.807, 2.05) is 0 Å². The second-order valence-electron chi connectivity index (χ2n) is 8.91. The standard InChI is InChI=1S/C27H48N2O2/c1-2-3-4-5-6-7-8-9-10-11-12-13-14-15-16-17-18-21-24-28-27(31)29-25-22-19-20-23-26(25)30/h19-20,22-23,30H,2-18,21,24H2,1H3,(H2,28,29,31). The van der Waals surface area contributed by atoms with Crippen LogP contribution in [0.1, 0.15) is 122 Å². The number of phenolic OH excluding ortho intramolecular Hbond substituents is 1. The van der Waals surface area contributed by atoms with Crippen molar-refractivity contribution in [3.05, 3.63) is 24.3 Å². The number of benzene rings is 1. The van der Waals surface area contributed by atoms with E-state index >= 15 is 0 Å². The molecule has 31 heavy (non-hydrogen) atoms. The first-order chi connectivity index (χ1) is 15.2. The molecular weight excluding hydrogens is 384 g/mol. The van der Waals surface area contributed by atoms with Gasteiger partial charge < -0.3 is 15.7 Å². The van der Waals surface area contributed by atoms with Gasteiger partial charge in [0.1, 0.15) is 5.75 Å². The monoisotopic (exact) mass is 432 g/mol. The predicted molar refractivity (Wildman–Crippen MR) is 134 cm³/mol. The maximum Gasteiger partial charge on any atom is 0.319 e. The van der Waals surface area contributed by atoms with Gasteiger partial charge in [-0.1, -0.05) is 128 Å². The first-order valence-electron chi connectivity index (χ1n) is 13.1. The molecule has 0 radical (unpaired) electrons. The predicted octanol–water partition coefficient (Wildman–Crippen LogP) is 8.56. The van der Waals surface area contributed by atoms with Gasteiger partial charge in [0, 0.05) is 6.54 Å². The maximum absolute atomic E-state index is 11.8. The van der Waals surface area contributed by atoms with E-state index in [4.69, 9.17) is 0 Å². The number of nitrogens with one attached hydrogen (secondary N) is 2. The van der Waals surface area contributed by atoms with Crippen molar-refractivity contribution < 1.29 is 9.90 Å². The highest BCUT2D eigenvalue weighted by atomic mass is 16.3. The number of amides is 2. The summed E-state index contributed by atoms with van der Waals surface area (Å²) in [5.74, 6) is 0.0887. The van der Waals surface area contributed by atoms with Crippen LogP contribution in [0.4, 0.5) is 10.5 Å². The van der Waals surface area contributed by atoms with Crippen LogP contribution in [0.25, 0.3) is 0 Å². The molecule has 4 nitrogen and oxygen atoms in total. The third-order valence-corrected chi connectivity index (χ3v) is 5.97. The normalized spacial score (nSPS) is 10.9. The molecule has 1 rings (SSSR count). The van der Waals surface area contributed by atoms with Crippen LogP contribution >= 0.6 is 0 Å². The van der Waals surface area contributed by atoms with Gasteiger partial charge in [0.15, 0.2) is 0 Å². The molecule has 0 saturated carbocycles. The van der Waals surface area contributed by atoms with E-state index < -0.39 is 0 Å². The molecule has 2 amide bonds. The van der Waals surface area contributed by atoms with Gasteiger partial charge in [0.05, 0.1) is 5.69 Å². The van der Waals surface area contributed by atoms with Crippen LogP contribution in [-0.2, 0) is 0 Å². The highest BCUT2D eigenvalue weighted by Crippen LogP contribution is 2.21. The Bertz CT molecular complexity index is 548. The number of hydrogen-bond donors (Lipinski definition) is 3. The molecule has 0 saturated heterocycles. The number of hydrogen-bond acceptors (Lipinski definition) is 2. The van der Waals surface area contributed by atoms with Gasteiger partial charge in [0.2, 0.25) is 0 Å². The largest absolute Gasteiger partial charge is 0.506 e. The quantitative estimate of drug-likeness (QED) is 0.143. The fourth-order valence-corrected chi connectivity index (χ4v) is 3.97. The van der Waals surface area contributed by atoms with E-state index in [1.165, 1.54) is 103 Å². The van der Waals surface area contributed by atoms with E-state index in [1.54, 1.807) is 24.3 Å². The molecule has 0 fully saturated rings. The third-order valence-electron chi connectivity index (χ3n) is 5.97. The average molecular weight is 433 g/mol. The van der Waals surface area contributed by atoms with Crippen molar-refractivity contribution in [1.29, 1.82) is 0 Å². The molecule has 0 aliphatic rings. The molecule has 0 atom stereocenters. The van der Waals surface area contributed by atoms with Crippen LogP contribution in [0, 0.1) is 0 Å². The Morgan fingerprint density at radius 3 is 1.55 bits per heavy atom. The average Bonchev–Trinajstić information content (AvgIpc) is 2.77. The molecule has 4 heteroatoms. The molecule has 0 heterocycles. The number of aromatic hydroxyl groups is 1. The van der Waals surface area contributed by atoms with E-state index in [9.17, 15) is 9.90 Å². The number of carbonyl (C=O) groups is 1. The van der Waals surface area contributed by atoms with Gasteiger partial charge in [-0.05, 0) is 18.6 Å². The lowest BCUT2D eigenvalue weighted by molar-refractivity contribution is 0.251. The first-order valence-corrected chi connectivity index (χ1v) is 13.1. The second kappa shape index (κ2) is 20.2. The topological polar surface area (TPSA) is 61.4 Å². The van der Waals surface area contributed by atoms with Crippen molar-refractivity contribution in [2.75, 3.05) is 11.9 Å². The Labute approximate surface area is 191 Å². The van der Waals surface area contributed by atoms with Gasteiger partial charge >= 0.3 is 6.03 Å². The lowest BCUT2D eigenvalue weighted by Crippen LogP contribution is -2.29. The molecule has 1 aromatic rings. The van der Waals surface area contributed by atoms with Gasteiger partial charge in [-0.3, -0.25) is 0 Å². The smallest absolute Gasteiger partial charge is 0.319 e. The molecule has 0 aromatic heterocycles. The highest BCUT2D eigenvalue weighted by molar-refractivity contribution is 5.90. The molecule has 0 spiro atoms. The Morgan fingerprint density at radius 1 is 0.677 bits per heavy atom. The van der Waals surface area contributed by atoms with Gasteiger partial charge in [-0.15, -0.1) is 0 Å². The summed E-state index contributed by atoms with van der Waals surface area (Å²) >= 11 is 0. The zero-order chi connectivity index (χ0) is 22.4. The number of phenols is 1. The molecule has 0 aliphatic heterocycles. The van der Waals surface area contributed by atoms with Crippen LogP contribution in [0.2, 0.25) is 0 Å². The third kappa shape index (κ3) is 16.6. The number of urea groups is 1. The number of unbranched alkanes of at least 4 members (excludes halogenated alkanes) is 17. The van der Waals surface area contributed by atoms with Crippen molar-refractivity contribution in [3.8, 4) is 5.75 Å². The summed E-state index contributed by atoms with van der Waals surface area (Å²) in [6, 6.07) is 6.51. The summed E-state index contributed by atoms with van der Waals surface area (Å²) in [5, 5.41) is 15.2. The summed E-state index contributed by atoms with van der Waals surface area (Å²) in [6.07, 6.45) is 24.5. The SMILES string of the molecule is CCCCCCCCCCCCCCCCCCCCNC(=O)Nc1ccccc1O. The van der Waals surface area contributed by atoms with Crippen molar-refractivity contribution in [2.45, 2.75) is 122 Å². The summed E-state index contributed by atoms with van der Waals surface area (Å²) < 4.78 is 0. The van der Waals surface area contributed by atoms with E-state index in [-0.39, 0.29) is 11.8 Å². The van der Waals surface area contributed by atoms with Gasteiger partial charge in [0.25, 0.3) is 0 Å². The van der Waals surface area contributed by atoms with Crippen molar-refractivity contribution in [2.24, 2.45) is 0 Å². The van der Waals surface area contributed by atoms with Crippen LogP contribution in [0.15, 0.2) is 24.3 Å². The summed E-state index contributed by atoms with van der Waals surface area (Å²) in [5.41, 5.74) is 0.442. The van der Waals surface area contributed by atoms with Crippen LogP contribution in [0.3, 0.4) is 0 Å². The van der Waals surface area contributed by atoms with E-state index in [0.29, 0.717) is 12.2 Å². The first kappa shape index (κ1) is 27.3. The zero-order valence-electron chi connectivity index (χ0n) is 20.1. The summed E-state index contributed by atoms with van der Waals surface area (Å²) in [7, 11) is 0. The van der Waals surface area contributed by atoms with E-state index in [0.717, 1.165) is 12.8 Å². The van der Waals surface area contributed by atoms with Crippen molar-refractivity contribution in [1.82, 2.24) is 5.32 Å². The number of carbonyl (C=O) groups excluding carboxylic acids is 1. The maximum atomic E-state index is 11.8. The molecule has 0 bridgehead atoms. The minimum absolute atomic E-state index is 0.0887. The lowest BCUT2D eigenvalue weighted by atomic mass is 10.0. The lowest BCUT2D eigenvalue weighted by Gasteiger charge is -2.08. The van der Waals surface area contributed by atoms with Crippen LogP contribution in [0.5, 0.6) is 5.75 Å². The van der Waals surface area contributed by atoms with Gasteiger partial charge in [-0.2, -0.15) is 0 Å². The van der Waals surface area contributed by atoms with Crippen LogP contribution in [-0.4, -0.2) is 17.7 Å². The van der Waals surface area contributed by atoms with Crippen molar-refractivity contribution in [3.63, 3.8) is 0 Å². The molecule has 178 valence electrons. The molecular formula is C27H48N2O2. The highest BCUT2D eigenvalue weighted by Gasteiger charge is 2.04. The van der Waals surface area contributed by atoms with Crippen molar-refractivity contribution >= 4 is 11.7 Å². The Balaban J connectivity index is 1.76. The molecule has 0 unspecified atom stereocenters. The number of anilines is 1. The fraction of sp³-hybridized carbons (Fsp3) is 0.741. The molecule has 1 aromatic carbocycles. The summed E-state index contributed by atoms with van der Waals surface area (Å²) in [4.78, 5) is 11.8. The zero-order valence-corrected chi connectivity index (χ0v) is 20.1. The number of para-hydroxylation sites is 2.